The topological polar surface area (TPSA) is 54.8 Å². The van der Waals surface area contributed by atoms with E-state index < -0.39 is 10.0 Å². The predicted molar refractivity (Wildman–Crippen MR) is 113 cm³/mol. The van der Waals surface area contributed by atoms with E-state index in [1.165, 1.54) is 22.5 Å². The third-order valence-corrected chi connectivity index (χ3v) is 7.63. The van der Waals surface area contributed by atoms with Gasteiger partial charge in [0.15, 0.2) is 5.69 Å². The van der Waals surface area contributed by atoms with Gasteiger partial charge in [-0.15, -0.1) is 0 Å². The fourth-order valence-electron chi connectivity index (χ4n) is 3.56. The Kier molecular flexibility index (Phi) is 5.22. The average Bonchev–Trinajstić information content (AvgIpc) is 2.69. The Labute approximate surface area is 174 Å². The summed E-state index contributed by atoms with van der Waals surface area (Å²) >= 11 is 11.9. The number of fused-ring (bicyclic) bond motifs is 1. The Balaban J connectivity index is 1.58. The van der Waals surface area contributed by atoms with Gasteiger partial charge in [-0.05, 0) is 24.3 Å². The van der Waals surface area contributed by atoms with E-state index >= 15 is 0 Å². The molecule has 5 nitrogen and oxygen atoms in total. The molecule has 1 aromatic heterocycles. The summed E-state index contributed by atoms with van der Waals surface area (Å²) in [7, 11) is -3.60. The number of piperazine rings is 1. The number of hydrogen-bond donors (Lipinski definition) is 0. The molecule has 0 bridgehead atoms. The SMILES string of the molecule is Cc1cc(N2CCN(S(=O)(=O)c3ccc(Cl)c(Cl)c3)CC2)c2ccccc2[nH+]1. The third-order valence-electron chi connectivity index (χ3n) is 5.00. The molecule has 8 heteroatoms. The standard InChI is InChI=1S/C20H19Cl2N3O2S/c1-14-12-20(16-4-2-3-5-19(16)23-14)24-8-10-25(11-9-24)28(26,27)15-6-7-17(21)18(22)13-15/h2-7,12-13H,8-11H2,1H3/p+1. The van der Waals surface area contributed by atoms with Crippen molar-refractivity contribution in [1.82, 2.24) is 4.31 Å². The van der Waals surface area contributed by atoms with Crippen molar-refractivity contribution in [1.29, 1.82) is 0 Å². The van der Waals surface area contributed by atoms with Gasteiger partial charge in [0.1, 0.15) is 0 Å². The number of rotatable bonds is 3. The zero-order chi connectivity index (χ0) is 19.9. The van der Waals surface area contributed by atoms with Gasteiger partial charge in [0.05, 0.1) is 26.0 Å². The lowest BCUT2D eigenvalue weighted by Crippen LogP contribution is -2.48. The van der Waals surface area contributed by atoms with Crippen LogP contribution < -0.4 is 9.88 Å². The molecule has 0 saturated carbocycles. The summed E-state index contributed by atoms with van der Waals surface area (Å²) in [5.41, 5.74) is 3.27. The number of aryl methyl sites for hydroxylation is 1. The maximum absolute atomic E-state index is 13.0. The summed E-state index contributed by atoms with van der Waals surface area (Å²) < 4.78 is 27.4. The Morgan fingerprint density at radius 3 is 2.36 bits per heavy atom. The highest BCUT2D eigenvalue weighted by atomic mass is 35.5. The molecular formula is C20H20Cl2N3O2S+. The molecule has 4 rings (SSSR count). The summed E-state index contributed by atoms with van der Waals surface area (Å²) in [5, 5.41) is 1.71. The first-order valence-corrected chi connectivity index (χ1v) is 11.2. The molecule has 2 aromatic carbocycles. The first kappa shape index (κ1) is 19.5. The predicted octanol–water partition coefficient (Wildman–Crippen LogP) is 3.78. The van der Waals surface area contributed by atoms with Crippen molar-refractivity contribution in [2.75, 3.05) is 31.1 Å². The van der Waals surface area contributed by atoms with Gasteiger partial charge in [-0.3, -0.25) is 0 Å². The highest BCUT2D eigenvalue weighted by Crippen LogP contribution is 2.29. The van der Waals surface area contributed by atoms with Crippen LogP contribution in [-0.4, -0.2) is 38.9 Å². The fraction of sp³-hybridized carbons (Fsp3) is 0.250. The third kappa shape index (κ3) is 3.57. The second-order valence-electron chi connectivity index (χ2n) is 6.85. The van der Waals surface area contributed by atoms with Gasteiger partial charge < -0.3 is 4.90 Å². The van der Waals surface area contributed by atoms with E-state index in [0.29, 0.717) is 31.2 Å². The van der Waals surface area contributed by atoms with Crippen LogP contribution in [0.15, 0.2) is 53.4 Å². The monoisotopic (exact) mass is 436 g/mol. The summed E-state index contributed by atoms with van der Waals surface area (Å²) in [5.74, 6) is 0. The highest BCUT2D eigenvalue weighted by Gasteiger charge is 2.30. The van der Waals surface area contributed by atoms with Gasteiger partial charge in [-0.1, -0.05) is 35.3 Å². The number of H-pyrrole nitrogens is 1. The largest absolute Gasteiger partial charge is 0.368 e. The van der Waals surface area contributed by atoms with Gasteiger partial charge in [0, 0.05) is 45.2 Å². The molecule has 0 aliphatic carbocycles. The minimum absolute atomic E-state index is 0.172. The van der Waals surface area contributed by atoms with Crippen molar-refractivity contribution in [3.63, 3.8) is 0 Å². The summed E-state index contributed by atoms with van der Waals surface area (Å²) in [6.07, 6.45) is 0. The van der Waals surface area contributed by atoms with Crippen LogP contribution in [0.5, 0.6) is 0 Å². The molecule has 0 spiro atoms. The van der Waals surface area contributed by atoms with Crippen LogP contribution in [0, 0.1) is 6.92 Å². The lowest BCUT2D eigenvalue weighted by molar-refractivity contribution is -0.354. The van der Waals surface area contributed by atoms with Crippen molar-refractivity contribution >= 4 is 49.8 Å². The number of benzene rings is 2. The maximum atomic E-state index is 13.0. The Morgan fingerprint density at radius 2 is 1.64 bits per heavy atom. The van der Waals surface area contributed by atoms with Gasteiger partial charge in [0.2, 0.25) is 15.5 Å². The molecule has 0 atom stereocenters. The number of hydrogen-bond acceptors (Lipinski definition) is 3. The number of halogens is 2. The fourth-order valence-corrected chi connectivity index (χ4v) is 5.38. The Bertz CT molecular complexity index is 1140. The van der Waals surface area contributed by atoms with E-state index in [1.54, 1.807) is 0 Å². The van der Waals surface area contributed by atoms with E-state index in [0.717, 1.165) is 22.3 Å². The van der Waals surface area contributed by atoms with Crippen LogP contribution >= 0.6 is 23.2 Å². The number of sulfonamides is 1. The molecule has 3 aromatic rings. The summed E-state index contributed by atoms with van der Waals surface area (Å²) in [6.45, 7) is 4.09. The van der Waals surface area contributed by atoms with Gasteiger partial charge in [0.25, 0.3) is 0 Å². The van der Waals surface area contributed by atoms with Crippen molar-refractivity contribution in [2.45, 2.75) is 11.8 Å². The number of pyridine rings is 1. The number of nitrogens with zero attached hydrogens (tertiary/aromatic N) is 2. The van der Waals surface area contributed by atoms with Crippen molar-refractivity contribution < 1.29 is 13.4 Å². The molecule has 2 heterocycles. The molecule has 0 radical (unpaired) electrons. The van der Waals surface area contributed by atoms with E-state index in [9.17, 15) is 8.42 Å². The van der Waals surface area contributed by atoms with Crippen LogP contribution in [-0.2, 0) is 10.0 Å². The van der Waals surface area contributed by atoms with Crippen molar-refractivity contribution in [3.05, 3.63) is 64.3 Å². The molecule has 0 unspecified atom stereocenters. The molecule has 1 saturated heterocycles. The number of nitrogens with one attached hydrogen (secondary N) is 1. The van der Waals surface area contributed by atoms with Gasteiger partial charge in [-0.2, -0.15) is 4.31 Å². The highest BCUT2D eigenvalue weighted by molar-refractivity contribution is 7.89. The van der Waals surface area contributed by atoms with Gasteiger partial charge in [-0.25, -0.2) is 13.4 Å². The van der Waals surface area contributed by atoms with Crippen LogP contribution in [0.1, 0.15) is 5.69 Å². The molecule has 28 heavy (non-hydrogen) atoms. The van der Waals surface area contributed by atoms with Crippen molar-refractivity contribution in [2.24, 2.45) is 0 Å². The molecule has 1 N–H and O–H groups in total. The molecule has 1 aliphatic heterocycles. The molecule has 146 valence electrons. The van der Waals surface area contributed by atoms with Gasteiger partial charge >= 0.3 is 0 Å². The van der Waals surface area contributed by atoms with Crippen molar-refractivity contribution in [3.8, 4) is 0 Å². The molecule has 1 fully saturated rings. The lowest BCUT2D eigenvalue weighted by Gasteiger charge is -2.35. The molecule has 0 amide bonds. The number of aromatic amines is 1. The van der Waals surface area contributed by atoms with E-state index in [-0.39, 0.29) is 9.92 Å². The Morgan fingerprint density at radius 1 is 0.929 bits per heavy atom. The quantitative estimate of drug-likeness (QED) is 0.627. The summed E-state index contributed by atoms with van der Waals surface area (Å²) in [6, 6.07) is 14.7. The number of para-hydroxylation sites is 1. The smallest absolute Gasteiger partial charge is 0.243 e. The van der Waals surface area contributed by atoms with E-state index in [2.05, 4.69) is 28.1 Å². The molecule has 1 aliphatic rings. The lowest BCUT2D eigenvalue weighted by atomic mass is 10.1. The van der Waals surface area contributed by atoms with E-state index in [1.807, 2.05) is 19.1 Å². The number of anilines is 1. The second-order valence-corrected chi connectivity index (χ2v) is 9.60. The van der Waals surface area contributed by atoms with E-state index in [4.69, 9.17) is 23.2 Å². The first-order chi connectivity index (χ1) is 13.4. The molecular weight excluding hydrogens is 417 g/mol. The zero-order valence-electron chi connectivity index (χ0n) is 15.3. The number of aromatic nitrogens is 1. The van der Waals surface area contributed by atoms with Crippen LogP contribution in [0.2, 0.25) is 10.0 Å². The average molecular weight is 437 g/mol. The second kappa shape index (κ2) is 7.52. The first-order valence-electron chi connectivity index (χ1n) is 8.98. The maximum Gasteiger partial charge on any atom is 0.243 e. The minimum atomic E-state index is -3.60. The normalized spacial score (nSPS) is 15.9. The minimum Gasteiger partial charge on any atom is -0.368 e. The Hall–Kier alpha value is -1.86. The zero-order valence-corrected chi connectivity index (χ0v) is 17.7. The summed E-state index contributed by atoms with van der Waals surface area (Å²) in [4.78, 5) is 5.79. The van der Waals surface area contributed by atoms with Crippen LogP contribution in [0.4, 0.5) is 5.69 Å². The van der Waals surface area contributed by atoms with Crippen LogP contribution in [0.25, 0.3) is 10.9 Å². The van der Waals surface area contributed by atoms with Crippen LogP contribution in [0.3, 0.4) is 0 Å².